The summed E-state index contributed by atoms with van der Waals surface area (Å²) in [4.78, 5) is 11.1. The molecule has 1 heterocycles. The van der Waals surface area contributed by atoms with Crippen LogP contribution in [0.5, 0.6) is 0 Å². The second kappa shape index (κ2) is 7.49. The summed E-state index contributed by atoms with van der Waals surface area (Å²) < 4.78 is 3.24. The van der Waals surface area contributed by atoms with Crippen molar-refractivity contribution in [1.82, 2.24) is 14.8 Å². The highest BCUT2D eigenvalue weighted by atomic mass is 79.9. The topological polar surface area (TPSA) is 73.8 Å². The number of thioether (sulfide) groups is 1. The van der Waals surface area contributed by atoms with Crippen LogP contribution in [0.15, 0.2) is 33.9 Å². The highest BCUT2D eigenvalue weighted by molar-refractivity contribution is 9.10. The zero-order valence-electron chi connectivity index (χ0n) is 12.7. The van der Waals surface area contributed by atoms with Crippen LogP contribution in [0.2, 0.25) is 0 Å². The smallest absolute Gasteiger partial charge is 0.227 e. The van der Waals surface area contributed by atoms with Gasteiger partial charge in [-0.25, -0.2) is 0 Å². The molecule has 0 aliphatic heterocycles. The predicted octanol–water partition coefficient (Wildman–Crippen LogP) is 3.79. The van der Waals surface area contributed by atoms with Crippen molar-refractivity contribution >= 4 is 33.6 Å². The maximum absolute atomic E-state index is 11.1. The van der Waals surface area contributed by atoms with Crippen molar-refractivity contribution in [3.05, 3.63) is 28.7 Å². The van der Waals surface area contributed by atoms with Gasteiger partial charge in [-0.15, -0.1) is 10.2 Å². The molecule has 2 N–H and O–H groups in total. The minimum Gasteiger partial charge on any atom is -0.369 e. The fraction of sp³-hybridized carbons (Fsp3) is 0.438. The Morgan fingerprint density at radius 3 is 2.57 bits per heavy atom. The zero-order valence-corrected chi connectivity index (χ0v) is 15.1. The molecule has 0 atom stereocenters. The van der Waals surface area contributed by atoms with E-state index in [2.05, 4.69) is 30.7 Å². The van der Waals surface area contributed by atoms with Crippen LogP contribution >= 0.6 is 27.7 Å². The fourth-order valence-electron chi connectivity index (χ4n) is 2.98. The van der Waals surface area contributed by atoms with Gasteiger partial charge in [0.1, 0.15) is 0 Å². The Hall–Kier alpha value is -1.34. The quantitative estimate of drug-likeness (QED) is 0.782. The molecule has 5 nitrogen and oxygen atoms in total. The molecule has 3 rings (SSSR count). The minimum absolute atomic E-state index is 0.227. The van der Waals surface area contributed by atoms with Gasteiger partial charge in [0.15, 0.2) is 11.0 Å². The van der Waals surface area contributed by atoms with E-state index in [9.17, 15) is 4.79 Å². The summed E-state index contributed by atoms with van der Waals surface area (Å²) in [7, 11) is 0. The number of rotatable bonds is 5. The van der Waals surface area contributed by atoms with Crippen molar-refractivity contribution in [3.63, 3.8) is 0 Å². The Labute approximate surface area is 148 Å². The van der Waals surface area contributed by atoms with Crippen LogP contribution in [0.4, 0.5) is 0 Å². The second-order valence-corrected chi connectivity index (χ2v) is 7.59. The molecular weight excluding hydrogens is 376 g/mol. The third-order valence-electron chi connectivity index (χ3n) is 4.05. The molecule has 1 aliphatic carbocycles. The van der Waals surface area contributed by atoms with Crippen LogP contribution in [0, 0.1) is 0 Å². The third-order valence-corrected chi connectivity index (χ3v) is 5.54. The molecule has 0 saturated heterocycles. The van der Waals surface area contributed by atoms with Gasteiger partial charge in [0.2, 0.25) is 5.91 Å². The summed E-state index contributed by atoms with van der Waals surface area (Å²) in [5.41, 5.74) is 6.32. The molecule has 0 unspecified atom stereocenters. The molecule has 122 valence electrons. The van der Waals surface area contributed by atoms with E-state index in [1.807, 2.05) is 24.3 Å². The number of primary amides is 1. The summed E-state index contributed by atoms with van der Waals surface area (Å²) in [6, 6.07) is 8.48. The lowest BCUT2D eigenvalue weighted by Crippen LogP contribution is -2.17. The maximum Gasteiger partial charge on any atom is 0.227 e. The van der Waals surface area contributed by atoms with Gasteiger partial charge in [0, 0.05) is 16.1 Å². The molecule has 0 bridgehead atoms. The number of hydrogen-bond acceptors (Lipinski definition) is 4. The molecule has 1 aromatic carbocycles. The lowest BCUT2D eigenvalue weighted by molar-refractivity contribution is -0.115. The van der Waals surface area contributed by atoms with E-state index < -0.39 is 0 Å². The number of amides is 1. The Kier molecular flexibility index (Phi) is 5.38. The standard InChI is InChI=1S/C16H19BrN4OS/c17-12-8-6-11(7-9-12)15-19-20-16(23-10-14(18)22)21(15)13-4-2-1-3-5-13/h6-9,13H,1-5,10H2,(H2,18,22). The highest BCUT2D eigenvalue weighted by Gasteiger charge is 2.24. The van der Waals surface area contributed by atoms with Crippen molar-refractivity contribution in [2.45, 2.75) is 43.3 Å². The van der Waals surface area contributed by atoms with E-state index in [1.54, 1.807) is 0 Å². The third kappa shape index (κ3) is 3.95. The Balaban J connectivity index is 1.97. The molecule has 2 aromatic rings. The molecule has 1 fully saturated rings. The summed E-state index contributed by atoms with van der Waals surface area (Å²) in [5, 5.41) is 9.50. The van der Waals surface area contributed by atoms with Crippen molar-refractivity contribution in [3.8, 4) is 11.4 Å². The Bertz CT molecular complexity index is 680. The summed E-state index contributed by atoms with van der Waals surface area (Å²) >= 11 is 4.83. The van der Waals surface area contributed by atoms with Gasteiger partial charge in [-0.1, -0.05) is 59.1 Å². The van der Waals surface area contributed by atoms with Gasteiger partial charge < -0.3 is 5.73 Å². The average molecular weight is 395 g/mol. The van der Waals surface area contributed by atoms with Gasteiger partial charge in [-0.3, -0.25) is 9.36 Å². The van der Waals surface area contributed by atoms with E-state index in [0.717, 1.165) is 33.9 Å². The number of hydrogen-bond donors (Lipinski definition) is 1. The van der Waals surface area contributed by atoms with Crippen LogP contribution in [0.3, 0.4) is 0 Å². The van der Waals surface area contributed by atoms with Crippen LogP contribution < -0.4 is 5.73 Å². The van der Waals surface area contributed by atoms with Crippen molar-refractivity contribution in [2.24, 2.45) is 5.73 Å². The van der Waals surface area contributed by atoms with Crippen LogP contribution in [-0.2, 0) is 4.79 Å². The molecule has 7 heteroatoms. The summed E-state index contributed by atoms with van der Waals surface area (Å²) in [5.74, 6) is 0.764. The van der Waals surface area contributed by atoms with E-state index in [4.69, 9.17) is 5.73 Å². The van der Waals surface area contributed by atoms with Crippen LogP contribution in [-0.4, -0.2) is 26.4 Å². The van der Waals surface area contributed by atoms with Gasteiger partial charge >= 0.3 is 0 Å². The van der Waals surface area contributed by atoms with Crippen molar-refractivity contribution < 1.29 is 4.79 Å². The monoisotopic (exact) mass is 394 g/mol. The van der Waals surface area contributed by atoms with Gasteiger partial charge in [-0.2, -0.15) is 0 Å². The normalized spacial score (nSPS) is 15.7. The van der Waals surface area contributed by atoms with Gasteiger partial charge in [0.25, 0.3) is 0 Å². The molecule has 1 amide bonds. The fourth-order valence-corrected chi connectivity index (χ4v) is 3.98. The molecular formula is C16H19BrN4OS. The first-order valence-corrected chi connectivity index (χ1v) is 9.55. The SMILES string of the molecule is NC(=O)CSc1nnc(-c2ccc(Br)cc2)n1C1CCCCC1. The molecule has 1 aliphatic rings. The number of halogens is 1. The average Bonchev–Trinajstić information content (AvgIpc) is 2.98. The molecule has 1 saturated carbocycles. The van der Waals surface area contributed by atoms with E-state index >= 15 is 0 Å². The van der Waals surface area contributed by atoms with E-state index in [0.29, 0.717) is 6.04 Å². The van der Waals surface area contributed by atoms with Crippen molar-refractivity contribution in [2.75, 3.05) is 5.75 Å². The minimum atomic E-state index is -0.335. The first-order chi connectivity index (χ1) is 11.1. The lowest BCUT2D eigenvalue weighted by atomic mass is 9.95. The number of nitrogens with zero attached hydrogens (tertiary/aromatic N) is 3. The number of benzene rings is 1. The first kappa shape index (κ1) is 16.5. The molecule has 23 heavy (non-hydrogen) atoms. The predicted molar refractivity (Wildman–Crippen MR) is 95.2 cm³/mol. The largest absolute Gasteiger partial charge is 0.369 e. The number of nitrogens with two attached hydrogens (primary N) is 1. The van der Waals surface area contributed by atoms with E-state index in [1.165, 1.54) is 31.0 Å². The highest BCUT2D eigenvalue weighted by Crippen LogP contribution is 2.35. The first-order valence-electron chi connectivity index (χ1n) is 7.77. The van der Waals surface area contributed by atoms with Crippen molar-refractivity contribution in [1.29, 1.82) is 0 Å². The number of aromatic nitrogens is 3. The zero-order chi connectivity index (χ0) is 16.2. The number of carbonyl (C=O) groups is 1. The van der Waals surface area contributed by atoms with Gasteiger partial charge in [0.05, 0.1) is 5.75 Å². The maximum atomic E-state index is 11.1. The lowest BCUT2D eigenvalue weighted by Gasteiger charge is -2.25. The Morgan fingerprint density at radius 1 is 1.22 bits per heavy atom. The molecule has 1 aromatic heterocycles. The summed E-state index contributed by atoms with van der Waals surface area (Å²) in [6.45, 7) is 0. The van der Waals surface area contributed by atoms with Crippen LogP contribution in [0.1, 0.15) is 38.1 Å². The van der Waals surface area contributed by atoms with E-state index in [-0.39, 0.29) is 11.7 Å². The molecule has 0 radical (unpaired) electrons. The van der Waals surface area contributed by atoms with Crippen LogP contribution in [0.25, 0.3) is 11.4 Å². The Morgan fingerprint density at radius 2 is 1.91 bits per heavy atom. The number of carbonyl (C=O) groups excluding carboxylic acids is 1. The second-order valence-electron chi connectivity index (χ2n) is 5.73. The summed E-state index contributed by atoms with van der Waals surface area (Å²) in [6.07, 6.45) is 6.00. The van der Waals surface area contributed by atoms with Gasteiger partial charge in [-0.05, 0) is 25.0 Å². The molecule has 0 spiro atoms.